The quantitative estimate of drug-likeness (QED) is 0.696. The summed E-state index contributed by atoms with van der Waals surface area (Å²) < 4.78 is 1.90. The van der Waals surface area contributed by atoms with Crippen molar-refractivity contribution in [1.82, 2.24) is 19.7 Å². The largest absolute Gasteiger partial charge is 0.296 e. The van der Waals surface area contributed by atoms with E-state index in [-0.39, 0.29) is 0 Å². The third-order valence-electron chi connectivity index (χ3n) is 3.87. The van der Waals surface area contributed by atoms with Crippen LogP contribution in [0, 0.1) is 6.92 Å². The molecule has 0 saturated carbocycles. The molecule has 2 aromatic heterocycles. The average molecular weight is 347 g/mol. The molecule has 0 aliphatic carbocycles. The number of aryl methyl sites for hydroxylation is 1. The van der Waals surface area contributed by atoms with Gasteiger partial charge in [-0.25, -0.2) is 4.98 Å². The van der Waals surface area contributed by atoms with Gasteiger partial charge in [0.25, 0.3) is 0 Å². The van der Waals surface area contributed by atoms with Crippen molar-refractivity contribution in [3.63, 3.8) is 0 Å². The Hall–Kier alpha value is -1.69. The van der Waals surface area contributed by atoms with Gasteiger partial charge < -0.3 is 0 Å². The Balaban J connectivity index is 1.69. The highest BCUT2D eigenvalue weighted by atomic mass is 35.5. The molecule has 0 fully saturated rings. The lowest BCUT2D eigenvalue weighted by Gasteiger charge is -2.14. The molecule has 0 amide bonds. The van der Waals surface area contributed by atoms with Gasteiger partial charge in [0.2, 0.25) is 0 Å². The second-order valence-corrected chi connectivity index (χ2v) is 6.94. The molecule has 0 aliphatic heterocycles. The number of hydrogen-bond donors (Lipinski definition) is 0. The van der Waals surface area contributed by atoms with E-state index in [0.29, 0.717) is 0 Å². The van der Waals surface area contributed by atoms with Crippen LogP contribution < -0.4 is 0 Å². The Morgan fingerprint density at radius 2 is 2.04 bits per heavy atom. The van der Waals surface area contributed by atoms with E-state index in [0.717, 1.165) is 34.4 Å². The summed E-state index contributed by atoms with van der Waals surface area (Å²) in [6.45, 7) is 3.75. The Bertz CT molecular complexity index is 809. The molecule has 0 spiro atoms. The first-order valence-corrected chi connectivity index (χ1v) is 8.65. The molecule has 0 aliphatic rings. The molecule has 4 nitrogen and oxygen atoms in total. The maximum atomic E-state index is 6.25. The standard InChI is InChI=1S/C17H19ClN4S/c1-12-13(8-19-22(12)3)9-21(2)10-14-11-23-17(20-14)15-6-4-5-7-16(15)18/h4-8,11H,9-10H2,1-3H3. The van der Waals surface area contributed by atoms with Gasteiger partial charge in [0.05, 0.1) is 16.9 Å². The molecule has 6 heteroatoms. The summed E-state index contributed by atoms with van der Waals surface area (Å²) in [4.78, 5) is 6.97. The number of nitrogens with zero attached hydrogens (tertiary/aromatic N) is 4. The first-order chi connectivity index (χ1) is 11.0. The zero-order chi connectivity index (χ0) is 16.4. The van der Waals surface area contributed by atoms with Gasteiger partial charge in [-0.2, -0.15) is 5.10 Å². The highest BCUT2D eigenvalue weighted by molar-refractivity contribution is 7.13. The second-order valence-electron chi connectivity index (χ2n) is 5.67. The normalized spacial score (nSPS) is 11.3. The van der Waals surface area contributed by atoms with Crippen molar-refractivity contribution in [2.24, 2.45) is 7.05 Å². The van der Waals surface area contributed by atoms with Crippen molar-refractivity contribution in [1.29, 1.82) is 0 Å². The molecule has 3 rings (SSSR count). The number of thiazole rings is 1. The lowest BCUT2D eigenvalue weighted by atomic mass is 10.2. The van der Waals surface area contributed by atoms with E-state index < -0.39 is 0 Å². The Morgan fingerprint density at radius 1 is 1.26 bits per heavy atom. The number of hydrogen-bond acceptors (Lipinski definition) is 4. The highest BCUT2D eigenvalue weighted by Crippen LogP contribution is 2.30. The first-order valence-electron chi connectivity index (χ1n) is 7.40. The lowest BCUT2D eigenvalue weighted by Crippen LogP contribution is -2.17. The van der Waals surface area contributed by atoms with Crippen LogP contribution in [0.5, 0.6) is 0 Å². The Labute approximate surface area is 145 Å². The van der Waals surface area contributed by atoms with Crippen molar-refractivity contribution in [3.8, 4) is 10.6 Å². The maximum Gasteiger partial charge on any atom is 0.125 e. The van der Waals surface area contributed by atoms with E-state index in [2.05, 4.69) is 29.4 Å². The summed E-state index contributed by atoms with van der Waals surface area (Å²) in [5.74, 6) is 0. The van der Waals surface area contributed by atoms with Crippen LogP contribution in [0.3, 0.4) is 0 Å². The van der Waals surface area contributed by atoms with Crippen LogP contribution in [0.15, 0.2) is 35.8 Å². The van der Waals surface area contributed by atoms with Crippen LogP contribution in [0.25, 0.3) is 10.6 Å². The fourth-order valence-electron chi connectivity index (χ4n) is 2.46. The van der Waals surface area contributed by atoms with Crippen LogP contribution in [-0.2, 0) is 20.1 Å². The predicted molar refractivity (Wildman–Crippen MR) is 95.7 cm³/mol. The minimum absolute atomic E-state index is 0.743. The van der Waals surface area contributed by atoms with Gasteiger partial charge >= 0.3 is 0 Å². The highest BCUT2D eigenvalue weighted by Gasteiger charge is 2.11. The van der Waals surface area contributed by atoms with E-state index in [9.17, 15) is 0 Å². The number of halogens is 1. The van der Waals surface area contributed by atoms with Gasteiger partial charge in [-0.3, -0.25) is 9.58 Å². The van der Waals surface area contributed by atoms with E-state index in [1.807, 2.05) is 42.2 Å². The van der Waals surface area contributed by atoms with Crippen LogP contribution in [0.4, 0.5) is 0 Å². The van der Waals surface area contributed by atoms with Gasteiger partial charge in [-0.05, 0) is 20.0 Å². The maximum absolute atomic E-state index is 6.25. The van der Waals surface area contributed by atoms with Crippen LogP contribution in [0.2, 0.25) is 5.02 Å². The molecule has 0 N–H and O–H groups in total. The summed E-state index contributed by atoms with van der Waals surface area (Å²) in [6.07, 6.45) is 1.93. The minimum atomic E-state index is 0.743. The topological polar surface area (TPSA) is 34.0 Å². The predicted octanol–water partition coefficient (Wildman–Crippen LogP) is 4.14. The van der Waals surface area contributed by atoms with Crippen LogP contribution >= 0.6 is 22.9 Å². The smallest absolute Gasteiger partial charge is 0.125 e. The molecular weight excluding hydrogens is 328 g/mol. The summed E-state index contributed by atoms with van der Waals surface area (Å²) >= 11 is 7.88. The fourth-order valence-corrected chi connectivity index (χ4v) is 3.59. The van der Waals surface area contributed by atoms with Gasteiger partial charge in [0, 0.05) is 42.3 Å². The third-order valence-corrected chi connectivity index (χ3v) is 5.12. The van der Waals surface area contributed by atoms with E-state index >= 15 is 0 Å². The molecule has 0 radical (unpaired) electrons. The summed E-state index contributed by atoms with van der Waals surface area (Å²) in [5.41, 5.74) is 4.51. The minimum Gasteiger partial charge on any atom is -0.296 e. The molecule has 1 aromatic carbocycles. The molecule has 23 heavy (non-hydrogen) atoms. The molecule has 0 saturated heterocycles. The molecule has 2 heterocycles. The SMILES string of the molecule is Cc1c(CN(C)Cc2csc(-c3ccccc3Cl)n2)cnn1C. The number of benzene rings is 1. The average Bonchev–Trinajstić information content (AvgIpc) is 3.10. The van der Waals surface area contributed by atoms with Gasteiger partial charge in [0.15, 0.2) is 0 Å². The second kappa shape index (κ2) is 6.83. The van der Waals surface area contributed by atoms with Gasteiger partial charge in [-0.1, -0.05) is 29.8 Å². The zero-order valence-corrected chi connectivity index (χ0v) is 15.0. The molecule has 120 valence electrons. The molecule has 0 bridgehead atoms. The van der Waals surface area contributed by atoms with Crippen molar-refractivity contribution in [3.05, 3.63) is 57.8 Å². The van der Waals surface area contributed by atoms with E-state index in [4.69, 9.17) is 16.6 Å². The number of rotatable bonds is 5. The summed E-state index contributed by atoms with van der Waals surface area (Å²) in [7, 11) is 4.07. The van der Waals surface area contributed by atoms with Crippen LogP contribution in [-0.4, -0.2) is 26.7 Å². The van der Waals surface area contributed by atoms with E-state index in [1.165, 1.54) is 11.3 Å². The molecule has 0 atom stereocenters. The van der Waals surface area contributed by atoms with Gasteiger partial charge in [-0.15, -0.1) is 11.3 Å². The Kier molecular flexibility index (Phi) is 4.80. The lowest BCUT2D eigenvalue weighted by molar-refractivity contribution is 0.315. The monoisotopic (exact) mass is 346 g/mol. The fraction of sp³-hybridized carbons (Fsp3) is 0.294. The number of aromatic nitrogens is 3. The third kappa shape index (κ3) is 3.63. The van der Waals surface area contributed by atoms with Gasteiger partial charge in [0.1, 0.15) is 5.01 Å². The van der Waals surface area contributed by atoms with Crippen molar-refractivity contribution in [2.45, 2.75) is 20.0 Å². The molecule has 0 unspecified atom stereocenters. The van der Waals surface area contributed by atoms with E-state index in [1.54, 1.807) is 11.3 Å². The summed E-state index contributed by atoms with van der Waals surface area (Å²) in [6, 6.07) is 7.83. The molecular formula is C17H19ClN4S. The van der Waals surface area contributed by atoms with Crippen molar-refractivity contribution >= 4 is 22.9 Å². The molecule has 3 aromatic rings. The van der Waals surface area contributed by atoms with Crippen molar-refractivity contribution in [2.75, 3.05) is 7.05 Å². The first kappa shape index (κ1) is 16.2. The van der Waals surface area contributed by atoms with Crippen molar-refractivity contribution < 1.29 is 0 Å². The Morgan fingerprint density at radius 3 is 2.74 bits per heavy atom. The zero-order valence-electron chi connectivity index (χ0n) is 13.5. The summed E-state index contributed by atoms with van der Waals surface area (Å²) in [5, 5.41) is 8.11. The van der Waals surface area contributed by atoms with Crippen LogP contribution in [0.1, 0.15) is 17.0 Å².